The standard InChI is InChI=1S/C17H18N6OS/c1-11-16(25-10-20-11)17(24)23-6-3-4-14(23)13-8-18-9-15(21-13)22-7-5-19-12(22)2/h5,7-10,14H,3-4,6H2,1-2H3/t14-/m1/s1. The second kappa shape index (κ2) is 6.36. The van der Waals surface area contributed by atoms with Crippen molar-refractivity contribution in [2.75, 3.05) is 6.54 Å². The third-order valence-corrected chi connectivity index (χ3v) is 5.42. The van der Waals surface area contributed by atoms with Crippen LogP contribution >= 0.6 is 11.3 Å². The fourth-order valence-electron chi connectivity index (χ4n) is 3.22. The van der Waals surface area contributed by atoms with E-state index >= 15 is 0 Å². The minimum absolute atomic E-state index is 0.0357. The van der Waals surface area contributed by atoms with E-state index in [0.717, 1.165) is 42.4 Å². The second-order valence-corrected chi connectivity index (χ2v) is 6.92. The first-order chi connectivity index (χ1) is 12.1. The van der Waals surface area contributed by atoms with Gasteiger partial charge in [-0.15, -0.1) is 11.3 Å². The summed E-state index contributed by atoms with van der Waals surface area (Å²) in [5, 5.41) is 0. The molecule has 1 fully saturated rings. The number of amides is 1. The average Bonchev–Trinajstić information content (AvgIpc) is 3.35. The van der Waals surface area contributed by atoms with E-state index in [0.29, 0.717) is 4.88 Å². The molecule has 4 rings (SSSR count). The van der Waals surface area contributed by atoms with Gasteiger partial charge in [-0.2, -0.15) is 0 Å². The number of rotatable bonds is 3. The van der Waals surface area contributed by atoms with Crippen molar-refractivity contribution < 1.29 is 4.79 Å². The SMILES string of the molecule is Cc1ncsc1C(=O)N1CCC[C@@H]1c1cncc(-n2ccnc2C)n1. The number of aromatic nitrogens is 5. The number of hydrogen-bond acceptors (Lipinski definition) is 6. The molecule has 1 saturated heterocycles. The van der Waals surface area contributed by atoms with E-state index in [-0.39, 0.29) is 11.9 Å². The lowest BCUT2D eigenvalue weighted by atomic mass is 10.1. The van der Waals surface area contributed by atoms with Crippen LogP contribution in [0.3, 0.4) is 0 Å². The minimum atomic E-state index is -0.0507. The normalized spacial score (nSPS) is 17.2. The van der Waals surface area contributed by atoms with Crippen LogP contribution in [-0.2, 0) is 0 Å². The molecule has 25 heavy (non-hydrogen) atoms. The van der Waals surface area contributed by atoms with E-state index in [9.17, 15) is 4.79 Å². The number of imidazole rings is 1. The summed E-state index contributed by atoms with van der Waals surface area (Å²) in [6, 6.07) is -0.0507. The number of thiazole rings is 1. The zero-order valence-electron chi connectivity index (χ0n) is 14.1. The number of nitrogens with zero attached hydrogens (tertiary/aromatic N) is 6. The summed E-state index contributed by atoms with van der Waals surface area (Å²) in [6.07, 6.45) is 8.93. The molecule has 0 bridgehead atoms. The number of carbonyl (C=O) groups is 1. The number of aryl methyl sites for hydroxylation is 2. The molecule has 128 valence electrons. The van der Waals surface area contributed by atoms with Crippen LogP contribution < -0.4 is 0 Å². The molecule has 1 atom stereocenters. The first-order valence-electron chi connectivity index (χ1n) is 8.18. The summed E-state index contributed by atoms with van der Waals surface area (Å²) in [4.78, 5) is 33.0. The van der Waals surface area contributed by atoms with Gasteiger partial charge in [0.2, 0.25) is 0 Å². The van der Waals surface area contributed by atoms with Crippen molar-refractivity contribution in [2.45, 2.75) is 32.7 Å². The fourth-order valence-corrected chi connectivity index (χ4v) is 3.98. The van der Waals surface area contributed by atoms with Gasteiger partial charge in [0.15, 0.2) is 5.82 Å². The number of carbonyl (C=O) groups excluding carboxylic acids is 1. The molecule has 0 spiro atoms. The monoisotopic (exact) mass is 354 g/mol. The Bertz CT molecular complexity index is 917. The third kappa shape index (κ3) is 2.82. The predicted molar refractivity (Wildman–Crippen MR) is 93.8 cm³/mol. The van der Waals surface area contributed by atoms with Gasteiger partial charge in [0.05, 0.1) is 35.3 Å². The summed E-state index contributed by atoms with van der Waals surface area (Å²) in [5.74, 6) is 1.61. The Kier molecular flexibility index (Phi) is 4.04. The zero-order valence-corrected chi connectivity index (χ0v) is 14.9. The van der Waals surface area contributed by atoms with E-state index in [1.54, 1.807) is 24.1 Å². The van der Waals surface area contributed by atoms with Gasteiger partial charge < -0.3 is 4.90 Å². The van der Waals surface area contributed by atoms with E-state index in [1.165, 1.54) is 11.3 Å². The molecule has 3 aromatic heterocycles. The van der Waals surface area contributed by atoms with E-state index in [1.807, 2.05) is 29.5 Å². The van der Waals surface area contributed by atoms with Gasteiger partial charge in [-0.25, -0.2) is 15.0 Å². The maximum atomic E-state index is 12.9. The molecular weight excluding hydrogens is 336 g/mol. The molecule has 0 aliphatic carbocycles. The highest BCUT2D eigenvalue weighted by Gasteiger charge is 2.33. The molecule has 3 aromatic rings. The highest BCUT2D eigenvalue weighted by Crippen LogP contribution is 2.33. The van der Waals surface area contributed by atoms with Crippen molar-refractivity contribution in [1.29, 1.82) is 0 Å². The lowest BCUT2D eigenvalue weighted by molar-refractivity contribution is 0.0736. The van der Waals surface area contributed by atoms with Crippen LogP contribution in [0.2, 0.25) is 0 Å². The van der Waals surface area contributed by atoms with E-state index in [2.05, 4.69) is 15.0 Å². The topological polar surface area (TPSA) is 76.8 Å². The van der Waals surface area contributed by atoms with Gasteiger partial charge in [0.25, 0.3) is 5.91 Å². The Morgan fingerprint density at radius 2 is 2.16 bits per heavy atom. The van der Waals surface area contributed by atoms with Crippen LogP contribution in [0.4, 0.5) is 0 Å². The van der Waals surface area contributed by atoms with Gasteiger partial charge in [-0.05, 0) is 26.7 Å². The molecule has 0 aromatic carbocycles. The first kappa shape index (κ1) is 15.9. The number of hydrogen-bond donors (Lipinski definition) is 0. The molecule has 0 radical (unpaired) electrons. The summed E-state index contributed by atoms with van der Waals surface area (Å²) in [5.41, 5.74) is 3.32. The Morgan fingerprint density at radius 3 is 2.88 bits per heavy atom. The summed E-state index contributed by atoms with van der Waals surface area (Å²) >= 11 is 1.39. The van der Waals surface area contributed by atoms with E-state index in [4.69, 9.17) is 4.98 Å². The van der Waals surface area contributed by atoms with Crippen LogP contribution in [0.1, 0.15) is 45.8 Å². The number of likely N-dealkylation sites (tertiary alicyclic amines) is 1. The average molecular weight is 354 g/mol. The van der Waals surface area contributed by atoms with Crippen LogP contribution in [0, 0.1) is 13.8 Å². The van der Waals surface area contributed by atoms with Crippen LogP contribution in [0.15, 0.2) is 30.3 Å². The zero-order chi connectivity index (χ0) is 17.4. The Labute approximate surface area is 149 Å². The highest BCUT2D eigenvalue weighted by molar-refractivity contribution is 7.11. The van der Waals surface area contributed by atoms with Crippen LogP contribution in [0.25, 0.3) is 5.82 Å². The highest BCUT2D eigenvalue weighted by atomic mass is 32.1. The van der Waals surface area contributed by atoms with Gasteiger partial charge in [0, 0.05) is 18.9 Å². The molecule has 7 nitrogen and oxygen atoms in total. The maximum Gasteiger partial charge on any atom is 0.266 e. The lowest BCUT2D eigenvalue weighted by Gasteiger charge is -2.24. The second-order valence-electron chi connectivity index (χ2n) is 6.07. The van der Waals surface area contributed by atoms with E-state index < -0.39 is 0 Å². The van der Waals surface area contributed by atoms with Crippen molar-refractivity contribution in [3.8, 4) is 5.82 Å². The molecule has 1 amide bonds. The van der Waals surface area contributed by atoms with Crippen molar-refractivity contribution in [3.63, 3.8) is 0 Å². The quantitative estimate of drug-likeness (QED) is 0.723. The summed E-state index contributed by atoms with van der Waals surface area (Å²) < 4.78 is 1.89. The van der Waals surface area contributed by atoms with Crippen molar-refractivity contribution in [1.82, 2.24) is 29.4 Å². The van der Waals surface area contributed by atoms with Crippen LogP contribution in [-0.4, -0.2) is 41.9 Å². The molecule has 1 aliphatic heterocycles. The van der Waals surface area contributed by atoms with Crippen molar-refractivity contribution in [3.05, 3.63) is 52.4 Å². The third-order valence-electron chi connectivity index (χ3n) is 4.51. The Morgan fingerprint density at radius 1 is 1.28 bits per heavy atom. The van der Waals surface area contributed by atoms with Gasteiger partial charge in [0.1, 0.15) is 10.7 Å². The fraction of sp³-hybridized carbons (Fsp3) is 0.353. The molecule has 8 heteroatoms. The Hall–Kier alpha value is -2.61. The molecule has 0 saturated carbocycles. The van der Waals surface area contributed by atoms with Gasteiger partial charge in [-0.3, -0.25) is 14.3 Å². The van der Waals surface area contributed by atoms with Crippen LogP contribution in [0.5, 0.6) is 0 Å². The van der Waals surface area contributed by atoms with Gasteiger partial charge in [-0.1, -0.05) is 0 Å². The smallest absolute Gasteiger partial charge is 0.266 e. The van der Waals surface area contributed by atoms with Crippen molar-refractivity contribution in [2.24, 2.45) is 0 Å². The molecule has 0 N–H and O–H groups in total. The maximum absolute atomic E-state index is 12.9. The largest absolute Gasteiger partial charge is 0.329 e. The molecule has 4 heterocycles. The lowest BCUT2D eigenvalue weighted by Crippen LogP contribution is -2.31. The molecular formula is C17H18N6OS. The summed E-state index contributed by atoms with van der Waals surface area (Å²) in [7, 11) is 0. The molecule has 0 unspecified atom stereocenters. The minimum Gasteiger partial charge on any atom is -0.329 e. The van der Waals surface area contributed by atoms with Crippen molar-refractivity contribution >= 4 is 17.2 Å². The molecule has 1 aliphatic rings. The first-order valence-corrected chi connectivity index (χ1v) is 9.06. The Balaban J connectivity index is 1.66. The van der Waals surface area contributed by atoms with Gasteiger partial charge >= 0.3 is 0 Å². The predicted octanol–water partition coefficient (Wildman–Crippen LogP) is 2.71. The summed E-state index contributed by atoms with van der Waals surface area (Å²) in [6.45, 7) is 4.53.